The highest BCUT2D eigenvalue weighted by Crippen LogP contribution is 2.26. The molecule has 0 heterocycles. The molecule has 0 radical (unpaired) electrons. The number of para-hydroxylation sites is 2. The highest BCUT2D eigenvalue weighted by molar-refractivity contribution is 7.79. The van der Waals surface area contributed by atoms with E-state index >= 15 is 0 Å². The summed E-state index contributed by atoms with van der Waals surface area (Å²) in [5, 5.41) is 0. The first kappa shape index (κ1) is 30.4. The molecule has 4 nitrogen and oxygen atoms in total. The van der Waals surface area contributed by atoms with Crippen molar-refractivity contribution in [2.24, 2.45) is 0 Å². The van der Waals surface area contributed by atoms with Crippen LogP contribution in [0.2, 0.25) is 0 Å². The molecule has 5 heteroatoms. The molecule has 0 aromatic heterocycles. The van der Waals surface area contributed by atoms with Crippen molar-refractivity contribution in [1.29, 1.82) is 0 Å². The van der Waals surface area contributed by atoms with Crippen LogP contribution in [0.25, 0.3) is 0 Å². The molecular weight excluding hydrogens is 320 g/mol. The van der Waals surface area contributed by atoms with Crippen molar-refractivity contribution < 1.29 is 9.59 Å². The number of rotatable bonds is 3. The van der Waals surface area contributed by atoms with Crippen molar-refractivity contribution in [2.75, 3.05) is 30.2 Å². The summed E-state index contributed by atoms with van der Waals surface area (Å²) in [6.45, 7) is 13.7. The lowest BCUT2D eigenvalue weighted by Crippen LogP contribution is -2.26. The smallest absolute Gasteiger partial charge is 0.223 e. The predicted molar refractivity (Wildman–Crippen MR) is 114 cm³/mol. The Morgan fingerprint density at radius 2 is 1.33 bits per heavy atom. The van der Waals surface area contributed by atoms with Crippen LogP contribution in [0.15, 0.2) is 24.3 Å². The lowest BCUT2D eigenvalue weighted by molar-refractivity contribution is -0.116. The molecule has 0 aliphatic heterocycles. The number of hydrogen-bond donors (Lipinski definition) is 1. The number of carbonyl (C=O) groups is 2. The molecular formula is C19H38N2O2S. The van der Waals surface area contributed by atoms with Gasteiger partial charge in [0.15, 0.2) is 0 Å². The molecule has 0 unspecified atom stereocenters. The summed E-state index contributed by atoms with van der Waals surface area (Å²) >= 11 is 3.53. The highest BCUT2D eigenvalue weighted by atomic mass is 32.1. The molecule has 1 aromatic rings. The predicted octanol–water partition coefficient (Wildman–Crippen LogP) is 5.28. The summed E-state index contributed by atoms with van der Waals surface area (Å²) in [7, 11) is 3.33. The van der Waals surface area contributed by atoms with Crippen LogP contribution in [0.4, 0.5) is 11.4 Å². The van der Waals surface area contributed by atoms with Crippen LogP contribution >= 0.6 is 12.6 Å². The van der Waals surface area contributed by atoms with Gasteiger partial charge in [0.05, 0.1) is 11.4 Å². The maximum Gasteiger partial charge on any atom is 0.223 e. The summed E-state index contributed by atoms with van der Waals surface area (Å²) in [5.74, 6) is -0.0678. The van der Waals surface area contributed by atoms with E-state index in [2.05, 4.69) is 26.5 Å². The van der Waals surface area contributed by atoms with Gasteiger partial charge in [-0.1, -0.05) is 60.1 Å². The highest BCUT2D eigenvalue weighted by Gasteiger charge is 2.12. The molecule has 1 rings (SSSR count). The lowest BCUT2D eigenvalue weighted by Gasteiger charge is -2.22. The molecule has 0 spiro atoms. The molecule has 0 aliphatic carbocycles. The zero-order valence-corrected chi connectivity index (χ0v) is 18.1. The van der Waals surface area contributed by atoms with E-state index in [-0.39, 0.29) is 5.91 Å². The number of benzene rings is 1. The number of hydrogen-bond acceptors (Lipinski definition) is 3. The third-order valence-corrected chi connectivity index (χ3v) is 2.25. The van der Waals surface area contributed by atoms with Gasteiger partial charge in [0.2, 0.25) is 12.3 Å². The molecule has 1 aromatic carbocycles. The Balaban J connectivity index is -0.000000190. The molecule has 24 heavy (non-hydrogen) atoms. The molecule has 0 atom stereocenters. The van der Waals surface area contributed by atoms with Gasteiger partial charge in [-0.3, -0.25) is 9.59 Å². The standard InChI is InChI=1S/C11H14N2O2.C3H8.2C2H6.CH4S/c1-9(15)13(3)11-7-5-4-6-10(11)12(2)8-14;1-3-2;3*1-2/h4-8H,1-3H3;3H2,1-2H3;2*1-2H3;2H,1H3. The van der Waals surface area contributed by atoms with Crippen molar-refractivity contribution in [3.63, 3.8) is 0 Å². The minimum atomic E-state index is -0.0678. The van der Waals surface area contributed by atoms with Gasteiger partial charge in [-0.2, -0.15) is 12.6 Å². The molecule has 0 fully saturated rings. The van der Waals surface area contributed by atoms with Crippen LogP contribution in [-0.4, -0.2) is 32.7 Å². The van der Waals surface area contributed by atoms with Gasteiger partial charge in [0.1, 0.15) is 0 Å². The Hall–Kier alpha value is -1.49. The van der Waals surface area contributed by atoms with Crippen LogP contribution in [0.5, 0.6) is 0 Å². The van der Waals surface area contributed by atoms with Crippen LogP contribution in [0.1, 0.15) is 54.9 Å². The second-order valence-corrected chi connectivity index (χ2v) is 3.99. The van der Waals surface area contributed by atoms with Crippen LogP contribution < -0.4 is 9.80 Å². The first-order valence-corrected chi connectivity index (χ1v) is 9.35. The number of carbonyl (C=O) groups excluding carboxylic acids is 2. The zero-order valence-electron chi connectivity index (χ0n) is 17.3. The van der Waals surface area contributed by atoms with Crippen LogP contribution in [-0.2, 0) is 9.59 Å². The fraction of sp³-hybridized carbons (Fsp3) is 0.579. The van der Waals surface area contributed by atoms with Gasteiger partial charge in [0.25, 0.3) is 0 Å². The summed E-state index contributed by atoms with van der Waals surface area (Å²) in [5.41, 5.74) is 1.44. The first-order chi connectivity index (χ1) is 11.5. The lowest BCUT2D eigenvalue weighted by atomic mass is 10.2. The van der Waals surface area contributed by atoms with Gasteiger partial charge >= 0.3 is 0 Å². The minimum Gasteiger partial charge on any atom is -0.316 e. The average molecular weight is 359 g/mol. The Morgan fingerprint density at radius 1 is 1.00 bits per heavy atom. The van der Waals surface area contributed by atoms with E-state index in [0.29, 0.717) is 12.1 Å². The van der Waals surface area contributed by atoms with Gasteiger partial charge in [-0.05, 0) is 18.4 Å². The quantitative estimate of drug-likeness (QED) is 0.590. The monoisotopic (exact) mass is 358 g/mol. The SMILES string of the molecule is CC.CC.CC(=O)N(C)c1ccccc1N(C)C=O.CCC.CS. The summed E-state index contributed by atoms with van der Waals surface area (Å²) in [6.07, 6.45) is 3.66. The first-order valence-electron chi connectivity index (χ1n) is 8.45. The zero-order chi connectivity index (χ0) is 20.1. The second kappa shape index (κ2) is 23.8. The van der Waals surface area contributed by atoms with E-state index in [1.54, 1.807) is 32.5 Å². The van der Waals surface area contributed by atoms with Crippen molar-refractivity contribution in [3.8, 4) is 0 Å². The van der Waals surface area contributed by atoms with Gasteiger partial charge in [-0.25, -0.2) is 0 Å². The minimum absolute atomic E-state index is 0.0678. The van der Waals surface area contributed by atoms with Crippen molar-refractivity contribution in [2.45, 2.75) is 54.9 Å². The summed E-state index contributed by atoms with van der Waals surface area (Å²) in [4.78, 5) is 24.8. The maximum absolute atomic E-state index is 11.2. The Morgan fingerprint density at radius 3 is 1.62 bits per heavy atom. The van der Waals surface area contributed by atoms with E-state index in [1.807, 2.05) is 39.8 Å². The molecule has 142 valence electrons. The topological polar surface area (TPSA) is 40.6 Å². The number of amides is 2. The second-order valence-electron chi connectivity index (χ2n) is 3.99. The Kier molecular flexibility index (Phi) is 30.1. The fourth-order valence-electron chi connectivity index (χ4n) is 1.27. The van der Waals surface area contributed by atoms with E-state index in [9.17, 15) is 9.59 Å². The van der Waals surface area contributed by atoms with Gasteiger partial charge in [0, 0.05) is 21.0 Å². The van der Waals surface area contributed by atoms with Crippen molar-refractivity contribution in [1.82, 2.24) is 0 Å². The molecule has 0 bridgehead atoms. The summed E-state index contributed by atoms with van der Waals surface area (Å²) in [6, 6.07) is 7.25. The average Bonchev–Trinajstić information content (AvgIpc) is 2.66. The van der Waals surface area contributed by atoms with E-state index in [1.165, 1.54) is 23.1 Å². The normalized spacial score (nSPS) is 7.46. The van der Waals surface area contributed by atoms with Crippen LogP contribution in [0.3, 0.4) is 0 Å². The number of thiol groups is 1. The van der Waals surface area contributed by atoms with Crippen LogP contribution in [0, 0.1) is 0 Å². The molecule has 0 saturated heterocycles. The fourth-order valence-corrected chi connectivity index (χ4v) is 1.27. The molecule has 0 saturated carbocycles. The van der Waals surface area contributed by atoms with Gasteiger partial charge in [-0.15, -0.1) is 0 Å². The van der Waals surface area contributed by atoms with E-state index in [4.69, 9.17) is 0 Å². The third-order valence-electron chi connectivity index (χ3n) is 2.25. The largest absolute Gasteiger partial charge is 0.316 e. The summed E-state index contributed by atoms with van der Waals surface area (Å²) < 4.78 is 0. The molecule has 2 amide bonds. The van der Waals surface area contributed by atoms with Crippen molar-refractivity contribution in [3.05, 3.63) is 24.3 Å². The molecule has 0 aliphatic rings. The Bertz CT molecular complexity index is 399. The Labute approximate surface area is 155 Å². The maximum atomic E-state index is 11.2. The number of nitrogens with zero attached hydrogens (tertiary/aromatic N) is 2. The van der Waals surface area contributed by atoms with E-state index in [0.717, 1.165) is 5.69 Å². The van der Waals surface area contributed by atoms with E-state index < -0.39 is 0 Å². The third kappa shape index (κ3) is 14.1. The van der Waals surface area contributed by atoms with Crippen molar-refractivity contribution >= 4 is 36.3 Å². The molecule has 0 N–H and O–H groups in total. The number of anilines is 2. The van der Waals surface area contributed by atoms with Gasteiger partial charge < -0.3 is 9.80 Å².